The number of rotatable bonds is 6. The van der Waals surface area contributed by atoms with Crippen molar-refractivity contribution in [2.75, 3.05) is 0 Å². The van der Waals surface area contributed by atoms with Crippen molar-refractivity contribution < 1.29 is 0 Å². The Morgan fingerprint density at radius 2 is 0.894 bits per heavy atom. The number of aromatic nitrogens is 5. The van der Waals surface area contributed by atoms with Crippen LogP contribution in [0.4, 0.5) is 0 Å². The van der Waals surface area contributed by atoms with Crippen molar-refractivity contribution >= 4 is 11.0 Å². The van der Waals surface area contributed by atoms with Crippen LogP contribution in [0.2, 0.25) is 0 Å². The zero-order valence-electron chi connectivity index (χ0n) is 25.7. The second-order valence-electron chi connectivity index (χ2n) is 11.3. The molecule has 0 bridgehead atoms. The van der Waals surface area contributed by atoms with E-state index in [1.165, 1.54) is 0 Å². The Bertz CT molecular complexity index is 2410. The molecule has 6 aromatic carbocycles. The number of nitrogens with zero attached hydrogens (tertiary/aromatic N) is 5. The van der Waals surface area contributed by atoms with Crippen molar-refractivity contribution in [3.05, 3.63) is 168 Å². The molecule has 0 N–H and O–H groups in total. The molecule has 0 unspecified atom stereocenters. The quantitative estimate of drug-likeness (QED) is 0.189. The minimum absolute atomic E-state index is 0.0859. The third kappa shape index (κ3) is 5.12. The second kappa shape index (κ2) is 11.8. The molecule has 0 saturated heterocycles. The normalized spacial score (nSPS) is 11.2. The number of aryl methyl sites for hydroxylation is 1. The van der Waals surface area contributed by atoms with Crippen molar-refractivity contribution in [2.45, 2.75) is 0 Å². The standard InChI is InChI=1S/C41H29N5O/c1-45-37-34(22-13-23-36(37)46(41(45)47)32-18-9-4-10-19-32)29-24-26-31(27-25-29)39-42-38(30-16-7-3-8-17-30)43-40(44-39)35-21-12-11-20-33(35)28-14-5-2-6-15-28/h2-27H,1H3. The van der Waals surface area contributed by atoms with Crippen molar-refractivity contribution in [2.24, 2.45) is 7.05 Å². The molecule has 0 atom stereocenters. The predicted octanol–water partition coefficient (Wildman–Crippen LogP) is 8.85. The summed E-state index contributed by atoms with van der Waals surface area (Å²) < 4.78 is 3.48. The summed E-state index contributed by atoms with van der Waals surface area (Å²) in [5.74, 6) is 1.81. The van der Waals surface area contributed by atoms with Gasteiger partial charge in [0.1, 0.15) is 0 Å². The first-order chi connectivity index (χ1) is 23.2. The van der Waals surface area contributed by atoms with E-state index in [0.29, 0.717) is 17.5 Å². The van der Waals surface area contributed by atoms with Gasteiger partial charge in [0, 0.05) is 29.3 Å². The Kier molecular flexibility index (Phi) is 7.08. The van der Waals surface area contributed by atoms with Crippen LogP contribution >= 0.6 is 0 Å². The summed E-state index contributed by atoms with van der Waals surface area (Å²) in [5, 5.41) is 0. The summed E-state index contributed by atoms with van der Waals surface area (Å²) in [7, 11) is 1.83. The van der Waals surface area contributed by atoms with Crippen molar-refractivity contribution in [1.82, 2.24) is 24.1 Å². The van der Waals surface area contributed by atoms with Crippen molar-refractivity contribution in [3.8, 4) is 62.1 Å². The Balaban J connectivity index is 1.25. The molecule has 2 heterocycles. The highest BCUT2D eigenvalue weighted by molar-refractivity contribution is 5.94. The molecular formula is C41H29N5O. The predicted molar refractivity (Wildman–Crippen MR) is 189 cm³/mol. The molecule has 0 spiro atoms. The Morgan fingerprint density at radius 1 is 0.426 bits per heavy atom. The highest BCUT2D eigenvalue weighted by atomic mass is 16.1. The molecule has 0 aliphatic rings. The van der Waals surface area contributed by atoms with Gasteiger partial charge in [-0.1, -0.05) is 140 Å². The fourth-order valence-electron chi connectivity index (χ4n) is 6.16. The van der Waals surface area contributed by atoms with Crippen LogP contribution in [0.15, 0.2) is 163 Å². The lowest BCUT2D eigenvalue weighted by molar-refractivity contribution is 0.847. The maximum absolute atomic E-state index is 13.4. The Hall–Kier alpha value is -6.40. The first kappa shape index (κ1) is 28.1. The zero-order valence-corrected chi connectivity index (χ0v) is 25.7. The fraction of sp³-hybridized carbons (Fsp3) is 0.0244. The zero-order chi connectivity index (χ0) is 31.7. The Labute approximate surface area is 271 Å². The molecule has 0 radical (unpaired) electrons. The molecule has 0 amide bonds. The minimum atomic E-state index is -0.0859. The van der Waals surface area contributed by atoms with E-state index >= 15 is 0 Å². The van der Waals surface area contributed by atoms with E-state index in [2.05, 4.69) is 42.5 Å². The van der Waals surface area contributed by atoms with E-state index in [0.717, 1.165) is 55.7 Å². The van der Waals surface area contributed by atoms with Crippen LogP contribution in [0.1, 0.15) is 0 Å². The molecule has 224 valence electrons. The van der Waals surface area contributed by atoms with Crippen LogP contribution in [-0.2, 0) is 7.05 Å². The lowest BCUT2D eigenvalue weighted by Gasteiger charge is -2.12. The van der Waals surface area contributed by atoms with E-state index in [1.54, 1.807) is 9.13 Å². The average molecular weight is 608 g/mol. The third-order valence-corrected chi connectivity index (χ3v) is 8.46. The van der Waals surface area contributed by atoms with Gasteiger partial charge in [0.2, 0.25) is 0 Å². The lowest BCUT2D eigenvalue weighted by atomic mass is 9.99. The van der Waals surface area contributed by atoms with Gasteiger partial charge in [-0.3, -0.25) is 9.13 Å². The van der Waals surface area contributed by atoms with Gasteiger partial charge in [-0.2, -0.15) is 0 Å². The van der Waals surface area contributed by atoms with E-state index in [-0.39, 0.29) is 5.69 Å². The number of benzene rings is 6. The molecule has 6 heteroatoms. The number of hydrogen-bond acceptors (Lipinski definition) is 4. The van der Waals surface area contributed by atoms with E-state index < -0.39 is 0 Å². The van der Waals surface area contributed by atoms with Gasteiger partial charge >= 0.3 is 5.69 Å². The summed E-state index contributed by atoms with van der Waals surface area (Å²) in [6.07, 6.45) is 0. The number of imidazole rings is 1. The van der Waals surface area contributed by atoms with Gasteiger partial charge in [0.25, 0.3) is 0 Å². The van der Waals surface area contributed by atoms with Crippen molar-refractivity contribution in [3.63, 3.8) is 0 Å². The van der Waals surface area contributed by atoms with Crippen molar-refractivity contribution in [1.29, 1.82) is 0 Å². The minimum Gasteiger partial charge on any atom is -0.294 e. The summed E-state index contributed by atoms with van der Waals surface area (Å²) in [5.41, 5.74) is 9.33. The maximum atomic E-state index is 13.4. The van der Waals surface area contributed by atoms with Crippen LogP contribution in [-0.4, -0.2) is 24.1 Å². The van der Waals surface area contributed by atoms with Crippen LogP contribution < -0.4 is 5.69 Å². The summed E-state index contributed by atoms with van der Waals surface area (Å²) >= 11 is 0. The van der Waals surface area contributed by atoms with Crippen LogP contribution in [0.3, 0.4) is 0 Å². The molecule has 8 rings (SSSR count). The summed E-state index contributed by atoms with van der Waals surface area (Å²) in [6, 6.07) is 52.5. The summed E-state index contributed by atoms with van der Waals surface area (Å²) in [6.45, 7) is 0. The Morgan fingerprint density at radius 3 is 1.55 bits per heavy atom. The number of hydrogen-bond donors (Lipinski definition) is 0. The topological polar surface area (TPSA) is 65.6 Å². The summed E-state index contributed by atoms with van der Waals surface area (Å²) in [4.78, 5) is 28.4. The van der Waals surface area contributed by atoms with Gasteiger partial charge in [-0.05, 0) is 34.9 Å². The molecule has 6 nitrogen and oxygen atoms in total. The van der Waals surface area contributed by atoms with E-state index in [9.17, 15) is 4.79 Å². The molecule has 8 aromatic rings. The monoisotopic (exact) mass is 607 g/mol. The van der Waals surface area contributed by atoms with Crippen LogP contribution in [0.5, 0.6) is 0 Å². The smallest absolute Gasteiger partial charge is 0.294 e. The number of para-hydroxylation sites is 2. The van der Waals surface area contributed by atoms with E-state index in [4.69, 9.17) is 15.0 Å². The first-order valence-electron chi connectivity index (χ1n) is 15.5. The highest BCUT2D eigenvalue weighted by Crippen LogP contribution is 2.34. The van der Waals surface area contributed by atoms with Crippen LogP contribution in [0.25, 0.3) is 73.1 Å². The molecule has 2 aromatic heterocycles. The van der Waals surface area contributed by atoms with Crippen LogP contribution in [0, 0.1) is 0 Å². The largest absolute Gasteiger partial charge is 0.333 e. The lowest BCUT2D eigenvalue weighted by Crippen LogP contribution is -2.20. The van der Waals surface area contributed by atoms with Gasteiger partial charge in [0.05, 0.1) is 16.7 Å². The molecule has 0 aliphatic carbocycles. The van der Waals surface area contributed by atoms with Gasteiger partial charge < -0.3 is 0 Å². The maximum Gasteiger partial charge on any atom is 0.333 e. The average Bonchev–Trinajstić information content (AvgIpc) is 3.41. The molecule has 47 heavy (non-hydrogen) atoms. The fourth-order valence-corrected chi connectivity index (χ4v) is 6.16. The van der Waals surface area contributed by atoms with Gasteiger partial charge in [-0.15, -0.1) is 0 Å². The van der Waals surface area contributed by atoms with Gasteiger partial charge in [0.15, 0.2) is 17.5 Å². The SMILES string of the molecule is Cn1c(=O)n(-c2ccccc2)c2cccc(-c3ccc(-c4nc(-c5ccccc5)nc(-c5ccccc5-c5ccccc5)n4)cc3)c21. The third-order valence-electron chi connectivity index (χ3n) is 8.46. The van der Waals surface area contributed by atoms with Gasteiger partial charge in [-0.25, -0.2) is 19.7 Å². The number of fused-ring (bicyclic) bond motifs is 1. The first-order valence-corrected chi connectivity index (χ1v) is 15.5. The molecule has 0 aliphatic heterocycles. The van der Waals surface area contributed by atoms with E-state index in [1.807, 2.05) is 122 Å². The molecular weight excluding hydrogens is 578 g/mol. The second-order valence-corrected chi connectivity index (χ2v) is 11.3. The molecule has 0 saturated carbocycles. The molecule has 0 fully saturated rings. The highest BCUT2D eigenvalue weighted by Gasteiger charge is 2.18.